The van der Waals surface area contributed by atoms with Crippen LogP contribution in [0.5, 0.6) is 0 Å². The van der Waals surface area contributed by atoms with Gasteiger partial charge in [0, 0.05) is 16.2 Å². The fraction of sp³-hybridized carbons (Fsp3) is 0.538. The van der Waals surface area contributed by atoms with E-state index in [1.54, 1.807) is 0 Å². The highest BCUT2D eigenvalue weighted by molar-refractivity contribution is 9.10. The topological polar surface area (TPSA) is 12.0 Å². The Kier molecular flexibility index (Phi) is 3.35. The molecule has 0 saturated heterocycles. The van der Waals surface area contributed by atoms with E-state index in [1.165, 1.54) is 35.0 Å². The van der Waals surface area contributed by atoms with Gasteiger partial charge < -0.3 is 5.32 Å². The van der Waals surface area contributed by atoms with Crippen molar-refractivity contribution in [2.24, 2.45) is 5.92 Å². The number of aryl methyl sites for hydroxylation is 1. The highest BCUT2D eigenvalue weighted by Crippen LogP contribution is 2.30. The normalized spacial score (nSPS) is 25.5. The van der Waals surface area contributed by atoms with Gasteiger partial charge in [0.1, 0.15) is 0 Å². The van der Waals surface area contributed by atoms with Gasteiger partial charge in [-0.05, 0) is 65.7 Å². The lowest BCUT2D eigenvalue weighted by atomic mass is 10.1. The summed E-state index contributed by atoms with van der Waals surface area (Å²) in [6, 6.07) is 7.16. The fourth-order valence-corrected chi connectivity index (χ4v) is 2.90. The van der Waals surface area contributed by atoms with E-state index in [0.29, 0.717) is 6.04 Å². The molecule has 0 bridgehead atoms. The molecule has 0 radical (unpaired) electrons. The maximum atomic E-state index is 3.62. The van der Waals surface area contributed by atoms with Crippen LogP contribution in [0.2, 0.25) is 0 Å². The predicted molar refractivity (Wildman–Crippen MR) is 69.3 cm³/mol. The standard InChI is InChI=1S/C13H18BrN/c1-9-3-5-11(7-9)15-13-6-4-10(2)8-12(13)14/h4,6,8-9,11,15H,3,5,7H2,1-2H3. The first-order chi connectivity index (χ1) is 7.15. The van der Waals surface area contributed by atoms with Crippen molar-refractivity contribution in [1.82, 2.24) is 0 Å². The number of anilines is 1. The van der Waals surface area contributed by atoms with Crippen molar-refractivity contribution in [3.8, 4) is 0 Å². The van der Waals surface area contributed by atoms with Crippen LogP contribution in [0.15, 0.2) is 22.7 Å². The predicted octanol–water partition coefficient (Wildman–Crippen LogP) is 4.36. The Morgan fingerprint density at radius 2 is 2.13 bits per heavy atom. The van der Waals surface area contributed by atoms with E-state index in [-0.39, 0.29) is 0 Å². The van der Waals surface area contributed by atoms with Crippen LogP contribution in [0.3, 0.4) is 0 Å². The third kappa shape index (κ3) is 2.75. The largest absolute Gasteiger partial charge is 0.381 e. The fourth-order valence-electron chi connectivity index (χ4n) is 2.30. The second-order valence-corrected chi connectivity index (χ2v) is 5.60. The quantitative estimate of drug-likeness (QED) is 0.840. The second-order valence-electron chi connectivity index (χ2n) is 4.74. The summed E-state index contributed by atoms with van der Waals surface area (Å²) >= 11 is 3.61. The van der Waals surface area contributed by atoms with Crippen LogP contribution in [0, 0.1) is 12.8 Å². The Morgan fingerprint density at radius 3 is 2.73 bits per heavy atom. The van der Waals surface area contributed by atoms with Gasteiger partial charge in [0.25, 0.3) is 0 Å². The van der Waals surface area contributed by atoms with Gasteiger partial charge in [0.2, 0.25) is 0 Å². The van der Waals surface area contributed by atoms with Crippen LogP contribution in [0.4, 0.5) is 5.69 Å². The minimum atomic E-state index is 0.666. The molecule has 0 aromatic heterocycles. The zero-order chi connectivity index (χ0) is 10.8. The van der Waals surface area contributed by atoms with E-state index in [4.69, 9.17) is 0 Å². The molecular weight excluding hydrogens is 250 g/mol. The number of rotatable bonds is 2. The van der Waals surface area contributed by atoms with Gasteiger partial charge in [-0.2, -0.15) is 0 Å². The molecule has 1 aromatic carbocycles. The van der Waals surface area contributed by atoms with Crippen LogP contribution in [-0.4, -0.2) is 6.04 Å². The molecular formula is C13H18BrN. The van der Waals surface area contributed by atoms with Crippen LogP contribution >= 0.6 is 15.9 Å². The maximum absolute atomic E-state index is 3.62. The summed E-state index contributed by atoms with van der Waals surface area (Å²) in [4.78, 5) is 0. The summed E-state index contributed by atoms with van der Waals surface area (Å²) in [5.41, 5.74) is 2.53. The van der Waals surface area contributed by atoms with Gasteiger partial charge in [-0.15, -0.1) is 0 Å². The van der Waals surface area contributed by atoms with Crippen molar-refractivity contribution in [3.05, 3.63) is 28.2 Å². The summed E-state index contributed by atoms with van der Waals surface area (Å²) in [7, 11) is 0. The lowest BCUT2D eigenvalue weighted by molar-refractivity contribution is 0.602. The van der Waals surface area contributed by atoms with Crippen molar-refractivity contribution in [1.29, 1.82) is 0 Å². The zero-order valence-electron chi connectivity index (χ0n) is 9.39. The molecule has 15 heavy (non-hydrogen) atoms. The van der Waals surface area contributed by atoms with Crippen LogP contribution in [-0.2, 0) is 0 Å². The van der Waals surface area contributed by atoms with Crippen LogP contribution < -0.4 is 5.32 Å². The smallest absolute Gasteiger partial charge is 0.0486 e. The SMILES string of the molecule is Cc1ccc(NC2CCC(C)C2)c(Br)c1. The van der Waals surface area contributed by atoms with Crippen molar-refractivity contribution >= 4 is 21.6 Å². The van der Waals surface area contributed by atoms with E-state index in [2.05, 4.69) is 53.3 Å². The Bertz CT molecular complexity index is 348. The summed E-state index contributed by atoms with van der Waals surface area (Å²) in [5, 5.41) is 3.62. The molecule has 2 rings (SSSR count). The molecule has 1 fully saturated rings. The molecule has 0 heterocycles. The average molecular weight is 268 g/mol. The van der Waals surface area contributed by atoms with Crippen molar-refractivity contribution in [2.75, 3.05) is 5.32 Å². The van der Waals surface area contributed by atoms with E-state index >= 15 is 0 Å². The van der Waals surface area contributed by atoms with E-state index < -0.39 is 0 Å². The highest BCUT2D eigenvalue weighted by Gasteiger charge is 2.21. The molecule has 1 aromatic rings. The summed E-state index contributed by atoms with van der Waals surface area (Å²) in [5.74, 6) is 0.881. The lowest BCUT2D eigenvalue weighted by Crippen LogP contribution is -2.15. The zero-order valence-corrected chi connectivity index (χ0v) is 11.0. The van der Waals surface area contributed by atoms with Gasteiger partial charge in [-0.25, -0.2) is 0 Å². The van der Waals surface area contributed by atoms with Crippen LogP contribution in [0.1, 0.15) is 31.7 Å². The molecule has 0 aliphatic heterocycles. The van der Waals surface area contributed by atoms with E-state index in [0.717, 1.165) is 5.92 Å². The number of hydrogen-bond donors (Lipinski definition) is 1. The monoisotopic (exact) mass is 267 g/mol. The molecule has 1 aliphatic rings. The van der Waals surface area contributed by atoms with Gasteiger partial charge in [0.05, 0.1) is 0 Å². The third-order valence-corrected chi connectivity index (χ3v) is 3.84. The highest BCUT2D eigenvalue weighted by atomic mass is 79.9. The molecule has 1 N–H and O–H groups in total. The first-order valence-corrected chi connectivity index (χ1v) is 6.47. The third-order valence-electron chi connectivity index (χ3n) is 3.18. The van der Waals surface area contributed by atoms with Gasteiger partial charge in [-0.3, -0.25) is 0 Å². The van der Waals surface area contributed by atoms with E-state index in [1.807, 2.05) is 0 Å². The number of hydrogen-bond acceptors (Lipinski definition) is 1. The van der Waals surface area contributed by atoms with Crippen molar-refractivity contribution < 1.29 is 0 Å². The molecule has 1 aliphatic carbocycles. The number of nitrogens with one attached hydrogen (secondary N) is 1. The number of benzene rings is 1. The molecule has 2 unspecified atom stereocenters. The Morgan fingerprint density at radius 1 is 1.33 bits per heavy atom. The van der Waals surface area contributed by atoms with Gasteiger partial charge >= 0.3 is 0 Å². The first kappa shape index (κ1) is 11.0. The summed E-state index contributed by atoms with van der Waals surface area (Å²) in [6.07, 6.45) is 3.98. The van der Waals surface area contributed by atoms with Crippen LogP contribution in [0.25, 0.3) is 0 Å². The van der Waals surface area contributed by atoms with Crippen molar-refractivity contribution in [3.63, 3.8) is 0 Å². The molecule has 1 nitrogen and oxygen atoms in total. The molecule has 0 amide bonds. The number of halogens is 1. The Balaban J connectivity index is 2.04. The van der Waals surface area contributed by atoms with Gasteiger partial charge in [-0.1, -0.05) is 13.0 Å². The van der Waals surface area contributed by atoms with E-state index in [9.17, 15) is 0 Å². The molecule has 2 heteroatoms. The minimum absolute atomic E-state index is 0.666. The summed E-state index contributed by atoms with van der Waals surface area (Å²) < 4.78 is 1.18. The molecule has 1 saturated carbocycles. The first-order valence-electron chi connectivity index (χ1n) is 5.68. The minimum Gasteiger partial charge on any atom is -0.381 e. The maximum Gasteiger partial charge on any atom is 0.0486 e. The molecule has 0 spiro atoms. The second kappa shape index (κ2) is 4.56. The Hall–Kier alpha value is -0.500. The van der Waals surface area contributed by atoms with Gasteiger partial charge in [0.15, 0.2) is 0 Å². The summed E-state index contributed by atoms with van der Waals surface area (Å²) in [6.45, 7) is 4.46. The lowest BCUT2D eigenvalue weighted by Gasteiger charge is -2.15. The Labute approximate surface area is 100 Å². The molecule has 82 valence electrons. The molecule has 2 atom stereocenters. The average Bonchev–Trinajstić information content (AvgIpc) is 2.56. The van der Waals surface area contributed by atoms with Crippen molar-refractivity contribution in [2.45, 2.75) is 39.2 Å².